The number of nitrogens with zero attached hydrogens (tertiary/aromatic N) is 2. The lowest BCUT2D eigenvalue weighted by molar-refractivity contribution is 0.437. The van der Waals surface area contributed by atoms with Crippen LogP contribution >= 0.6 is 11.8 Å². The normalized spacial score (nSPS) is 10.3. The van der Waals surface area contributed by atoms with E-state index in [-0.39, 0.29) is 0 Å². The van der Waals surface area contributed by atoms with Crippen molar-refractivity contribution < 1.29 is 0 Å². The quantitative estimate of drug-likeness (QED) is 0.730. The fourth-order valence-corrected chi connectivity index (χ4v) is 2.49. The predicted octanol–water partition coefficient (Wildman–Crippen LogP) is 2.52. The predicted molar refractivity (Wildman–Crippen MR) is 65.2 cm³/mol. The van der Waals surface area contributed by atoms with Crippen molar-refractivity contribution in [2.75, 3.05) is 26.4 Å². The van der Waals surface area contributed by atoms with Crippen LogP contribution in [-0.4, -0.2) is 31.3 Å². The molecule has 0 radical (unpaired) electrons. The zero-order chi connectivity index (χ0) is 11.3. The van der Waals surface area contributed by atoms with Gasteiger partial charge in [0.25, 0.3) is 0 Å². The summed E-state index contributed by atoms with van der Waals surface area (Å²) in [6.07, 6.45) is 0. The SMILES string of the molecule is Cc1cccc(C#N)c1SCCN(C)C. The van der Waals surface area contributed by atoms with Gasteiger partial charge in [-0.1, -0.05) is 12.1 Å². The van der Waals surface area contributed by atoms with Crippen LogP contribution in [0.4, 0.5) is 0 Å². The molecule has 0 heterocycles. The minimum Gasteiger partial charge on any atom is -0.309 e. The Hall–Kier alpha value is -0.980. The maximum atomic E-state index is 8.98. The number of thioether (sulfide) groups is 1. The molecule has 80 valence electrons. The molecule has 0 aliphatic carbocycles. The summed E-state index contributed by atoms with van der Waals surface area (Å²) in [4.78, 5) is 3.28. The largest absolute Gasteiger partial charge is 0.309 e. The van der Waals surface area contributed by atoms with Crippen molar-refractivity contribution in [3.8, 4) is 6.07 Å². The summed E-state index contributed by atoms with van der Waals surface area (Å²) in [6.45, 7) is 3.09. The molecule has 0 fully saturated rings. The van der Waals surface area contributed by atoms with Gasteiger partial charge in [-0.25, -0.2) is 0 Å². The number of hydrogen-bond donors (Lipinski definition) is 0. The first-order valence-electron chi connectivity index (χ1n) is 4.92. The van der Waals surface area contributed by atoms with Crippen molar-refractivity contribution >= 4 is 11.8 Å². The van der Waals surface area contributed by atoms with Crippen LogP contribution in [0.25, 0.3) is 0 Å². The van der Waals surface area contributed by atoms with Gasteiger partial charge < -0.3 is 4.90 Å². The van der Waals surface area contributed by atoms with Gasteiger partial charge in [0, 0.05) is 17.2 Å². The average molecular weight is 220 g/mol. The second-order valence-electron chi connectivity index (χ2n) is 3.72. The Kier molecular flexibility index (Phi) is 4.67. The van der Waals surface area contributed by atoms with E-state index in [1.54, 1.807) is 11.8 Å². The second-order valence-corrected chi connectivity index (χ2v) is 4.82. The van der Waals surface area contributed by atoms with Crippen LogP contribution in [0.2, 0.25) is 0 Å². The molecule has 0 unspecified atom stereocenters. The van der Waals surface area contributed by atoms with Crippen molar-refractivity contribution in [1.29, 1.82) is 5.26 Å². The summed E-state index contributed by atoms with van der Waals surface area (Å²) < 4.78 is 0. The Balaban J connectivity index is 2.71. The average Bonchev–Trinajstić information content (AvgIpc) is 2.20. The van der Waals surface area contributed by atoms with Crippen LogP contribution in [0, 0.1) is 18.3 Å². The molecule has 3 heteroatoms. The van der Waals surface area contributed by atoms with Crippen LogP contribution in [0.5, 0.6) is 0 Å². The standard InChI is InChI=1S/C12H16N2S/c1-10-5-4-6-11(9-13)12(10)15-8-7-14(2)3/h4-6H,7-8H2,1-3H3. The monoisotopic (exact) mass is 220 g/mol. The van der Waals surface area contributed by atoms with Gasteiger partial charge >= 0.3 is 0 Å². The molecule has 0 aliphatic rings. The van der Waals surface area contributed by atoms with Crippen LogP contribution in [0.1, 0.15) is 11.1 Å². The molecular weight excluding hydrogens is 204 g/mol. The molecule has 1 aromatic rings. The molecule has 1 aromatic carbocycles. The molecule has 2 nitrogen and oxygen atoms in total. The van der Waals surface area contributed by atoms with Gasteiger partial charge in [0.05, 0.1) is 5.56 Å². The highest BCUT2D eigenvalue weighted by Crippen LogP contribution is 2.25. The van der Waals surface area contributed by atoms with Crippen molar-refractivity contribution in [2.45, 2.75) is 11.8 Å². The Bertz CT molecular complexity index is 366. The first kappa shape index (κ1) is 12.1. The minimum atomic E-state index is 0.791. The highest BCUT2D eigenvalue weighted by molar-refractivity contribution is 7.99. The van der Waals surface area contributed by atoms with Gasteiger partial charge in [0.2, 0.25) is 0 Å². The lowest BCUT2D eigenvalue weighted by atomic mass is 10.1. The van der Waals surface area contributed by atoms with Crippen molar-refractivity contribution in [2.24, 2.45) is 0 Å². The molecular formula is C12H16N2S. The molecule has 0 amide bonds. The molecule has 15 heavy (non-hydrogen) atoms. The third-order valence-electron chi connectivity index (χ3n) is 2.12. The van der Waals surface area contributed by atoms with Crippen LogP contribution < -0.4 is 0 Å². The number of nitriles is 1. The van der Waals surface area contributed by atoms with Crippen LogP contribution in [0.3, 0.4) is 0 Å². The van der Waals surface area contributed by atoms with Gasteiger partial charge in [-0.3, -0.25) is 0 Å². The summed E-state index contributed by atoms with van der Waals surface area (Å²) in [5, 5.41) is 8.98. The topological polar surface area (TPSA) is 27.0 Å². The second kappa shape index (κ2) is 5.79. The molecule has 0 aromatic heterocycles. The maximum Gasteiger partial charge on any atom is 0.100 e. The van der Waals surface area contributed by atoms with E-state index in [0.717, 1.165) is 22.8 Å². The smallest absolute Gasteiger partial charge is 0.100 e. The molecule has 0 spiro atoms. The van der Waals surface area contributed by atoms with E-state index in [4.69, 9.17) is 5.26 Å². The summed E-state index contributed by atoms with van der Waals surface area (Å²) >= 11 is 1.76. The highest BCUT2D eigenvalue weighted by atomic mass is 32.2. The van der Waals surface area contributed by atoms with Gasteiger partial charge in [-0.05, 0) is 32.6 Å². The van der Waals surface area contributed by atoms with Crippen molar-refractivity contribution in [1.82, 2.24) is 4.90 Å². The number of hydrogen-bond acceptors (Lipinski definition) is 3. The van der Waals surface area contributed by atoms with E-state index in [1.165, 1.54) is 5.56 Å². The van der Waals surface area contributed by atoms with Crippen molar-refractivity contribution in [3.05, 3.63) is 29.3 Å². The number of benzene rings is 1. The Morgan fingerprint density at radius 3 is 2.73 bits per heavy atom. The first-order chi connectivity index (χ1) is 7.15. The van der Waals surface area contributed by atoms with Crippen LogP contribution in [-0.2, 0) is 0 Å². The maximum absolute atomic E-state index is 8.98. The van der Waals surface area contributed by atoms with E-state index in [0.29, 0.717) is 0 Å². The van der Waals surface area contributed by atoms with Gasteiger partial charge in [-0.15, -0.1) is 11.8 Å². The molecule has 0 aliphatic heterocycles. The van der Waals surface area contributed by atoms with E-state index in [9.17, 15) is 0 Å². The summed E-state index contributed by atoms with van der Waals surface area (Å²) in [5.41, 5.74) is 1.98. The Labute approximate surface area is 95.9 Å². The van der Waals surface area contributed by atoms with E-state index in [1.807, 2.05) is 12.1 Å². The Morgan fingerprint density at radius 1 is 1.40 bits per heavy atom. The van der Waals surface area contributed by atoms with E-state index in [2.05, 4.69) is 38.1 Å². The molecule has 0 atom stereocenters. The molecule has 0 saturated carbocycles. The van der Waals surface area contributed by atoms with Gasteiger partial charge in [0.15, 0.2) is 0 Å². The first-order valence-corrected chi connectivity index (χ1v) is 5.91. The number of rotatable bonds is 4. The molecule has 0 saturated heterocycles. The number of aryl methyl sites for hydroxylation is 1. The Morgan fingerprint density at radius 2 is 2.13 bits per heavy atom. The van der Waals surface area contributed by atoms with E-state index < -0.39 is 0 Å². The summed E-state index contributed by atoms with van der Waals surface area (Å²) in [5.74, 6) is 1.02. The lowest BCUT2D eigenvalue weighted by Gasteiger charge is -2.11. The third-order valence-corrected chi connectivity index (χ3v) is 3.33. The third kappa shape index (κ3) is 3.58. The zero-order valence-electron chi connectivity index (χ0n) is 9.45. The summed E-state index contributed by atoms with van der Waals surface area (Å²) in [6, 6.07) is 8.11. The molecule has 0 N–H and O–H groups in total. The van der Waals surface area contributed by atoms with Crippen molar-refractivity contribution in [3.63, 3.8) is 0 Å². The fraction of sp³-hybridized carbons (Fsp3) is 0.417. The fourth-order valence-electron chi connectivity index (χ4n) is 1.26. The molecule has 1 rings (SSSR count). The zero-order valence-corrected chi connectivity index (χ0v) is 10.3. The minimum absolute atomic E-state index is 0.791. The van der Waals surface area contributed by atoms with Gasteiger partial charge in [-0.2, -0.15) is 5.26 Å². The van der Waals surface area contributed by atoms with E-state index >= 15 is 0 Å². The lowest BCUT2D eigenvalue weighted by Crippen LogP contribution is -2.14. The summed E-state index contributed by atoms with van der Waals surface area (Å²) in [7, 11) is 4.12. The molecule has 0 bridgehead atoms. The van der Waals surface area contributed by atoms with Gasteiger partial charge in [0.1, 0.15) is 6.07 Å². The highest BCUT2D eigenvalue weighted by Gasteiger charge is 2.05. The van der Waals surface area contributed by atoms with Crippen LogP contribution in [0.15, 0.2) is 23.1 Å².